The minimum absolute atomic E-state index is 0.731. The molecular weight excluding hydrogens is 237 g/mol. The fourth-order valence-corrected chi connectivity index (χ4v) is 2.08. The number of benzene rings is 2. The first-order valence-corrected chi connectivity index (χ1v) is 6.63. The Bertz CT molecular complexity index is 491. The lowest BCUT2D eigenvalue weighted by Gasteiger charge is -2.13. The van der Waals surface area contributed by atoms with E-state index < -0.39 is 5.67 Å². The summed E-state index contributed by atoms with van der Waals surface area (Å²) in [5.41, 5.74) is 2.30. The van der Waals surface area contributed by atoms with Gasteiger partial charge in [0.05, 0.1) is 0 Å². The molecule has 0 saturated carbocycles. The molecule has 3 rings (SSSR count). The van der Waals surface area contributed by atoms with Crippen molar-refractivity contribution in [2.24, 2.45) is 0 Å². The van der Waals surface area contributed by atoms with Gasteiger partial charge in [-0.25, -0.2) is 4.39 Å². The predicted octanol–water partition coefficient (Wildman–Crippen LogP) is 4.55. The summed E-state index contributed by atoms with van der Waals surface area (Å²) in [4.78, 5) is 0. The van der Waals surface area contributed by atoms with Crippen LogP contribution < -0.4 is 5.32 Å². The summed E-state index contributed by atoms with van der Waals surface area (Å²) in [7, 11) is 0. The Labute approximate surface area is 114 Å². The van der Waals surface area contributed by atoms with Crippen molar-refractivity contribution < 1.29 is 4.39 Å². The Morgan fingerprint density at radius 3 is 2.16 bits per heavy atom. The van der Waals surface area contributed by atoms with E-state index in [1.807, 2.05) is 18.2 Å². The third-order valence-electron chi connectivity index (χ3n) is 3.19. The average molecular weight is 257 g/mol. The number of nitrogens with one attached hydrogen (secondary N) is 1. The van der Waals surface area contributed by atoms with E-state index in [9.17, 15) is 4.39 Å². The molecule has 1 aliphatic heterocycles. The molecule has 1 N–H and O–H groups in total. The Hall–Kier alpha value is -1.83. The first-order chi connectivity index (χ1) is 9.07. The molecule has 2 aromatic rings. The molecule has 1 heterocycles. The van der Waals surface area contributed by atoms with Crippen LogP contribution in [0.25, 0.3) is 0 Å². The summed E-state index contributed by atoms with van der Waals surface area (Å²) < 4.78 is 13.1. The van der Waals surface area contributed by atoms with Crippen molar-refractivity contribution in [2.75, 3.05) is 11.9 Å². The zero-order valence-electron chi connectivity index (χ0n) is 11.5. The monoisotopic (exact) mass is 257 g/mol. The predicted molar refractivity (Wildman–Crippen MR) is 79.2 cm³/mol. The van der Waals surface area contributed by atoms with Crippen LogP contribution in [0, 0.1) is 0 Å². The standard InChI is InChI=1S/C9H11F.C8H9N/c1-9(2,10)8-6-4-3-5-7-8;1-2-4-8-7(3-1)5-6-9-8/h3-7H,1-2H3;1-4,9H,5-6H2. The number of fused-ring (bicyclic) bond motifs is 1. The highest BCUT2D eigenvalue weighted by Crippen LogP contribution is 2.23. The lowest BCUT2D eigenvalue weighted by molar-refractivity contribution is 0.221. The molecule has 0 aromatic heterocycles. The summed E-state index contributed by atoms with van der Waals surface area (Å²) in [6, 6.07) is 17.6. The number of para-hydroxylation sites is 1. The lowest BCUT2D eigenvalue weighted by Crippen LogP contribution is -2.07. The smallest absolute Gasteiger partial charge is 0.130 e. The van der Waals surface area contributed by atoms with Crippen LogP contribution in [0.4, 0.5) is 10.1 Å². The van der Waals surface area contributed by atoms with Gasteiger partial charge in [-0.1, -0.05) is 48.5 Å². The third kappa shape index (κ3) is 3.82. The molecule has 0 atom stereocenters. The molecule has 0 saturated heterocycles. The highest BCUT2D eigenvalue weighted by molar-refractivity contribution is 5.54. The molecular formula is C17H20FN. The quantitative estimate of drug-likeness (QED) is 0.790. The van der Waals surface area contributed by atoms with E-state index in [0.29, 0.717) is 0 Å². The zero-order chi connectivity index (χ0) is 13.7. The summed E-state index contributed by atoms with van der Waals surface area (Å²) in [5, 5.41) is 3.30. The fraction of sp³-hybridized carbons (Fsp3) is 0.294. The van der Waals surface area contributed by atoms with Gasteiger partial charge in [0.2, 0.25) is 0 Å². The van der Waals surface area contributed by atoms with Gasteiger partial charge in [-0.15, -0.1) is 0 Å². The molecule has 0 aliphatic carbocycles. The summed E-state index contributed by atoms with van der Waals surface area (Å²) in [5.74, 6) is 0. The van der Waals surface area contributed by atoms with Crippen molar-refractivity contribution >= 4 is 5.69 Å². The molecule has 19 heavy (non-hydrogen) atoms. The highest BCUT2D eigenvalue weighted by Gasteiger charge is 2.16. The number of rotatable bonds is 1. The van der Waals surface area contributed by atoms with E-state index in [1.165, 1.54) is 17.7 Å². The maximum atomic E-state index is 13.1. The third-order valence-corrected chi connectivity index (χ3v) is 3.19. The maximum absolute atomic E-state index is 13.1. The van der Waals surface area contributed by atoms with Crippen molar-refractivity contribution in [3.63, 3.8) is 0 Å². The van der Waals surface area contributed by atoms with Crippen molar-refractivity contribution in [1.82, 2.24) is 0 Å². The van der Waals surface area contributed by atoms with Crippen LogP contribution in [0.3, 0.4) is 0 Å². The number of alkyl halides is 1. The van der Waals surface area contributed by atoms with Gasteiger partial charge in [0.15, 0.2) is 0 Å². The Morgan fingerprint density at radius 2 is 1.58 bits per heavy atom. The number of anilines is 1. The molecule has 0 unspecified atom stereocenters. The van der Waals surface area contributed by atoms with E-state index in [4.69, 9.17) is 0 Å². The average Bonchev–Trinajstić information content (AvgIpc) is 2.88. The van der Waals surface area contributed by atoms with Crippen LogP contribution in [0.2, 0.25) is 0 Å². The Kier molecular flexibility index (Phi) is 4.20. The number of hydrogen-bond acceptors (Lipinski definition) is 1. The van der Waals surface area contributed by atoms with E-state index in [1.54, 1.807) is 26.0 Å². The minimum atomic E-state index is -1.21. The Balaban J connectivity index is 0.000000141. The van der Waals surface area contributed by atoms with Crippen LogP contribution in [0.15, 0.2) is 54.6 Å². The second-order valence-electron chi connectivity index (χ2n) is 5.17. The van der Waals surface area contributed by atoms with Crippen molar-refractivity contribution in [1.29, 1.82) is 0 Å². The Morgan fingerprint density at radius 1 is 0.947 bits per heavy atom. The summed E-state index contributed by atoms with van der Waals surface area (Å²) in [6.45, 7) is 4.23. The van der Waals surface area contributed by atoms with Gasteiger partial charge >= 0.3 is 0 Å². The van der Waals surface area contributed by atoms with Crippen LogP contribution in [-0.4, -0.2) is 6.54 Å². The second kappa shape index (κ2) is 5.87. The SMILES string of the molecule is CC(C)(F)c1ccccc1.c1ccc2c(c1)CCN2. The van der Waals surface area contributed by atoms with E-state index in [-0.39, 0.29) is 0 Å². The van der Waals surface area contributed by atoms with Gasteiger partial charge in [-0.2, -0.15) is 0 Å². The van der Waals surface area contributed by atoms with Gasteiger partial charge in [0.1, 0.15) is 5.67 Å². The fourth-order valence-electron chi connectivity index (χ4n) is 2.08. The summed E-state index contributed by atoms with van der Waals surface area (Å²) in [6.07, 6.45) is 1.19. The molecule has 0 amide bonds. The lowest BCUT2D eigenvalue weighted by atomic mass is 10.0. The first kappa shape index (κ1) is 13.6. The van der Waals surface area contributed by atoms with Gasteiger partial charge in [-0.3, -0.25) is 0 Å². The van der Waals surface area contributed by atoms with Crippen LogP contribution in [0.1, 0.15) is 25.0 Å². The van der Waals surface area contributed by atoms with E-state index >= 15 is 0 Å². The largest absolute Gasteiger partial charge is 0.384 e. The molecule has 1 nitrogen and oxygen atoms in total. The first-order valence-electron chi connectivity index (χ1n) is 6.63. The molecule has 2 aromatic carbocycles. The van der Waals surface area contributed by atoms with Crippen LogP contribution in [-0.2, 0) is 12.1 Å². The van der Waals surface area contributed by atoms with Crippen LogP contribution >= 0.6 is 0 Å². The molecule has 0 bridgehead atoms. The molecule has 0 fully saturated rings. The van der Waals surface area contributed by atoms with E-state index in [2.05, 4.69) is 29.6 Å². The molecule has 0 spiro atoms. The van der Waals surface area contributed by atoms with Gasteiger partial charge < -0.3 is 5.32 Å². The van der Waals surface area contributed by atoms with Crippen LogP contribution in [0.5, 0.6) is 0 Å². The molecule has 100 valence electrons. The highest BCUT2D eigenvalue weighted by atomic mass is 19.1. The van der Waals surface area contributed by atoms with E-state index in [0.717, 1.165) is 12.1 Å². The molecule has 1 aliphatic rings. The van der Waals surface area contributed by atoms with Gasteiger partial charge in [-0.05, 0) is 37.5 Å². The zero-order valence-corrected chi connectivity index (χ0v) is 11.5. The van der Waals surface area contributed by atoms with Gasteiger partial charge in [0.25, 0.3) is 0 Å². The van der Waals surface area contributed by atoms with Crippen molar-refractivity contribution in [3.05, 3.63) is 65.7 Å². The number of hydrogen-bond donors (Lipinski definition) is 1. The van der Waals surface area contributed by atoms with Gasteiger partial charge in [0, 0.05) is 12.2 Å². The van der Waals surface area contributed by atoms with Crippen molar-refractivity contribution in [3.8, 4) is 0 Å². The normalized spacial score (nSPS) is 13.0. The topological polar surface area (TPSA) is 12.0 Å². The number of halogens is 1. The second-order valence-corrected chi connectivity index (χ2v) is 5.17. The molecule has 0 radical (unpaired) electrons. The molecule has 2 heteroatoms. The van der Waals surface area contributed by atoms with Crippen molar-refractivity contribution in [2.45, 2.75) is 25.9 Å². The summed E-state index contributed by atoms with van der Waals surface area (Å²) >= 11 is 0. The maximum Gasteiger partial charge on any atom is 0.130 e. The minimum Gasteiger partial charge on any atom is -0.384 e.